The predicted molar refractivity (Wildman–Crippen MR) is 104 cm³/mol. The molecule has 0 amide bonds. The molecule has 0 spiro atoms. The molecule has 0 radical (unpaired) electrons. The molecular weight excluding hydrogens is 506 g/mol. The summed E-state index contributed by atoms with van der Waals surface area (Å²) in [6.45, 7) is 4.93. The van der Waals surface area contributed by atoms with Gasteiger partial charge in [-0.3, -0.25) is 9.59 Å². The van der Waals surface area contributed by atoms with Crippen molar-refractivity contribution in [2.45, 2.75) is 50.0 Å². The highest BCUT2D eigenvalue weighted by Crippen LogP contribution is 2.51. The van der Waals surface area contributed by atoms with Crippen LogP contribution in [0.15, 0.2) is 24.3 Å². The van der Waals surface area contributed by atoms with Crippen molar-refractivity contribution in [3.8, 4) is 5.75 Å². The summed E-state index contributed by atoms with van der Waals surface area (Å²) in [4.78, 5) is 24.3. The van der Waals surface area contributed by atoms with E-state index in [4.69, 9.17) is 0 Å². The van der Waals surface area contributed by atoms with Gasteiger partial charge in [-0.05, 0) is 30.7 Å². The molecule has 15 heteroatoms. The van der Waals surface area contributed by atoms with E-state index in [0.29, 0.717) is 18.6 Å². The second kappa shape index (κ2) is 8.89. The van der Waals surface area contributed by atoms with Gasteiger partial charge < -0.3 is 4.18 Å². The summed E-state index contributed by atoms with van der Waals surface area (Å²) in [5.41, 5.74) is -0.988. The summed E-state index contributed by atoms with van der Waals surface area (Å²) in [5, 5.41) is -13.1. The third-order valence-electron chi connectivity index (χ3n) is 4.85. The lowest BCUT2D eigenvalue weighted by Crippen LogP contribution is -2.61. The van der Waals surface area contributed by atoms with Gasteiger partial charge in [0.2, 0.25) is 9.84 Å². The maximum absolute atomic E-state index is 13.9. The number of Topliss-reactive ketones (excluding diaryl/α,β-unsaturated/α-hetero) is 2. The van der Waals surface area contributed by atoms with Gasteiger partial charge in [-0.15, -0.1) is 0 Å². The molecule has 0 aliphatic carbocycles. The first-order chi connectivity index (χ1) is 14.5. The standard InChI is InChI=1S/C18H20F6O7S2/c1-5-15(2,3)14(26)10-13(25)11-6-8-12(9-7-11)31-33(29,30)18(23,24)16(19,20)17(21,22)32(4,27)28/h6-9H,5,10H2,1-4H3. The molecule has 0 unspecified atom stereocenters. The Balaban J connectivity index is 3.17. The molecule has 0 saturated carbocycles. The third-order valence-corrected chi connectivity index (χ3v) is 7.34. The summed E-state index contributed by atoms with van der Waals surface area (Å²) in [6.07, 6.45) is -0.586. The van der Waals surface area contributed by atoms with Crippen LogP contribution >= 0.6 is 0 Å². The van der Waals surface area contributed by atoms with Crippen molar-refractivity contribution in [1.29, 1.82) is 0 Å². The highest BCUT2D eigenvalue weighted by Gasteiger charge is 2.82. The second-order valence-corrected chi connectivity index (χ2v) is 11.3. The molecule has 0 saturated heterocycles. The Kier molecular flexibility index (Phi) is 7.78. The Morgan fingerprint density at radius 1 is 0.879 bits per heavy atom. The van der Waals surface area contributed by atoms with Crippen LogP contribution in [0.2, 0.25) is 0 Å². The van der Waals surface area contributed by atoms with Gasteiger partial charge in [-0.1, -0.05) is 20.8 Å². The number of rotatable bonds is 11. The van der Waals surface area contributed by atoms with Gasteiger partial charge in [0.1, 0.15) is 11.5 Å². The molecule has 7 nitrogen and oxygen atoms in total. The van der Waals surface area contributed by atoms with E-state index in [-0.39, 0.29) is 5.56 Å². The molecule has 0 aromatic heterocycles. The summed E-state index contributed by atoms with van der Waals surface area (Å²) >= 11 is 0. The Hall–Kier alpha value is -2.16. The van der Waals surface area contributed by atoms with Gasteiger partial charge in [-0.2, -0.15) is 34.8 Å². The van der Waals surface area contributed by atoms with E-state index in [0.717, 1.165) is 12.1 Å². The molecule has 33 heavy (non-hydrogen) atoms. The van der Waals surface area contributed by atoms with E-state index in [1.165, 1.54) is 0 Å². The van der Waals surface area contributed by atoms with Crippen LogP contribution in [0.4, 0.5) is 26.3 Å². The molecule has 1 rings (SSSR count). The SMILES string of the molecule is CCC(C)(C)C(=O)CC(=O)c1ccc(OS(=O)(=O)C(F)(F)C(F)(F)C(F)(F)S(C)(=O)=O)cc1. The summed E-state index contributed by atoms with van der Waals surface area (Å²) in [6, 6.07) is 2.84. The van der Waals surface area contributed by atoms with E-state index >= 15 is 0 Å². The zero-order valence-corrected chi connectivity index (χ0v) is 19.3. The number of benzene rings is 1. The average Bonchev–Trinajstić information content (AvgIpc) is 2.66. The van der Waals surface area contributed by atoms with Crippen LogP contribution in [-0.2, 0) is 24.7 Å². The van der Waals surface area contributed by atoms with Crippen molar-refractivity contribution < 1.29 is 57.0 Å². The van der Waals surface area contributed by atoms with E-state index in [9.17, 15) is 52.8 Å². The van der Waals surface area contributed by atoms with E-state index in [1.54, 1.807) is 20.8 Å². The highest BCUT2D eigenvalue weighted by atomic mass is 32.2. The molecule has 0 bridgehead atoms. The van der Waals surface area contributed by atoms with E-state index in [2.05, 4.69) is 4.18 Å². The van der Waals surface area contributed by atoms with Crippen LogP contribution in [0.5, 0.6) is 5.75 Å². The van der Waals surface area contributed by atoms with Crippen molar-refractivity contribution >= 4 is 31.5 Å². The quantitative estimate of drug-likeness (QED) is 0.186. The third kappa shape index (κ3) is 5.34. The smallest absolute Gasteiger partial charge is 0.378 e. The van der Waals surface area contributed by atoms with Gasteiger partial charge in [0.05, 0.1) is 6.42 Å². The molecule has 188 valence electrons. The van der Waals surface area contributed by atoms with Crippen LogP contribution in [0, 0.1) is 5.41 Å². The lowest BCUT2D eigenvalue weighted by Gasteiger charge is -2.30. The lowest BCUT2D eigenvalue weighted by molar-refractivity contribution is -0.245. The van der Waals surface area contributed by atoms with Crippen molar-refractivity contribution in [2.75, 3.05) is 6.26 Å². The maximum atomic E-state index is 13.9. The number of hydrogen-bond donors (Lipinski definition) is 0. The number of carbonyl (C=O) groups excluding carboxylic acids is 2. The highest BCUT2D eigenvalue weighted by molar-refractivity contribution is 7.92. The number of alkyl halides is 6. The number of halogens is 6. The molecule has 0 fully saturated rings. The Labute approximate surface area is 186 Å². The van der Waals surface area contributed by atoms with Crippen LogP contribution in [0.1, 0.15) is 44.0 Å². The second-order valence-electron chi connectivity index (χ2n) is 7.70. The minimum atomic E-state index is -6.89. The van der Waals surface area contributed by atoms with Gasteiger partial charge in [0.15, 0.2) is 5.78 Å². The topological polar surface area (TPSA) is 112 Å². The summed E-state index contributed by atoms with van der Waals surface area (Å²) in [5.74, 6) is -9.09. The molecule has 1 aromatic rings. The maximum Gasteiger partial charge on any atom is 0.450 e. The van der Waals surface area contributed by atoms with Crippen molar-refractivity contribution in [3.63, 3.8) is 0 Å². The summed E-state index contributed by atoms with van der Waals surface area (Å²) < 4.78 is 131. The fourth-order valence-corrected chi connectivity index (χ4v) is 3.69. The minimum absolute atomic E-state index is 0.180. The van der Waals surface area contributed by atoms with Crippen molar-refractivity contribution in [3.05, 3.63) is 29.8 Å². The molecule has 0 atom stereocenters. The van der Waals surface area contributed by atoms with Crippen molar-refractivity contribution in [2.24, 2.45) is 5.41 Å². The molecule has 0 heterocycles. The number of ketones is 2. The molecule has 0 N–H and O–H groups in total. The predicted octanol–water partition coefficient (Wildman–Crippen LogP) is 3.84. The fourth-order valence-electron chi connectivity index (χ4n) is 2.12. The first-order valence-electron chi connectivity index (χ1n) is 8.99. The Morgan fingerprint density at radius 2 is 1.33 bits per heavy atom. The minimum Gasteiger partial charge on any atom is -0.378 e. The zero-order chi connectivity index (χ0) is 26.3. The van der Waals surface area contributed by atoms with Crippen molar-refractivity contribution in [1.82, 2.24) is 0 Å². The van der Waals surface area contributed by atoms with E-state index < -0.39 is 71.8 Å². The van der Waals surface area contributed by atoms with E-state index in [1.807, 2.05) is 0 Å². The molecule has 0 aliphatic heterocycles. The summed E-state index contributed by atoms with van der Waals surface area (Å²) in [7, 11) is -13.0. The van der Waals surface area contributed by atoms with Crippen LogP contribution in [0.3, 0.4) is 0 Å². The Bertz CT molecular complexity index is 1130. The normalized spacial score (nSPS) is 14.1. The van der Waals surface area contributed by atoms with Gasteiger partial charge in [0.25, 0.3) is 0 Å². The van der Waals surface area contributed by atoms with Gasteiger partial charge in [-0.25, -0.2) is 8.42 Å². The molecule has 1 aromatic carbocycles. The number of carbonyl (C=O) groups is 2. The monoisotopic (exact) mass is 526 g/mol. The number of hydrogen-bond acceptors (Lipinski definition) is 7. The molecule has 0 aliphatic rings. The van der Waals surface area contributed by atoms with Crippen LogP contribution in [0.25, 0.3) is 0 Å². The fraction of sp³-hybridized carbons (Fsp3) is 0.556. The van der Waals surface area contributed by atoms with Gasteiger partial charge >= 0.3 is 26.5 Å². The first kappa shape index (κ1) is 28.9. The average molecular weight is 526 g/mol. The van der Waals surface area contributed by atoms with Crippen LogP contribution in [-0.4, -0.2) is 51.1 Å². The molecular formula is C18H20F6O7S2. The first-order valence-corrected chi connectivity index (χ1v) is 12.3. The lowest BCUT2D eigenvalue weighted by atomic mass is 9.82. The van der Waals surface area contributed by atoms with Gasteiger partial charge in [0, 0.05) is 17.2 Å². The van der Waals surface area contributed by atoms with Crippen LogP contribution < -0.4 is 4.18 Å². The zero-order valence-electron chi connectivity index (χ0n) is 17.7. The largest absolute Gasteiger partial charge is 0.450 e. The number of sulfone groups is 1. The Morgan fingerprint density at radius 3 is 1.73 bits per heavy atom.